The highest BCUT2D eigenvalue weighted by Crippen LogP contribution is 2.23. The van der Waals surface area contributed by atoms with Gasteiger partial charge < -0.3 is 57.1 Å². The highest BCUT2D eigenvalue weighted by Gasteiger charge is 2.43. The molecule has 0 saturated carbocycles. The van der Waals surface area contributed by atoms with Gasteiger partial charge in [-0.1, -0.05) is 90.1 Å². The highest BCUT2D eigenvalue weighted by atomic mass is 16.5. The van der Waals surface area contributed by atoms with E-state index in [-0.39, 0.29) is 49.7 Å². The van der Waals surface area contributed by atoms with Crippen LogP contribution in [0.1, 0.15) is 85.3 Å². The number of fused-ring (bicyclic) bond motifs is 2. The number of aliphatic hydroxyl groups is 1. The van der Waals surface area contributed by atoms with Crippen LogP contribution < -0.4 is 32.3 Å². The summed E-state index contributed by atoms with van der Waals surface area (Å²) < 4.78 is 5.85. The summed E-state index contributed by atoms with van der Waals surface area (Å²) in [7, 11) is 1.44. The van der Waals surface area contributed by atoms with Crippen molar-refractivity contribution in [2.24, 2.45) is 23.5 Å². The van der Waals surface area contributed by atoms with Gasteiger partial charge in [0.1, 0.15) is 60.3 Å². The van der Waals surface area contributed by atoms with E-state index in [1.165, 1.54) is 54.2 Å². The van der Waals surface area contributed by atoms with E-state index in [0.29, 0.717) is 11.1 Å². The fourth-order valence-electron chi connectivity index (χ4n) is 8.04. The van der Waals surface area contributed by atoms with Crippen LogP contribution >= 0.6 is 0 Å². The molecule has 1 fully saturated rings. The van der Waals surface area contributed by atoms with E-state index in [1.54, 1.807) is 64.1 Å². The molecule has 20 nitrogen and oxygen atoms in total. The molecular weight excluding hydrogens is 893 g/mol. The van der Waals surface area contributed by atoms with Crippen LogP contribution in [0.5, 0.6) is 5.75 Å². The maximum Gasteiger partial charge on any atom is 0.329 e. The smallest absolute Gasteiger partial charge is 0.329 e. The Bertz CT molecular complexity index is 2200. The van der Waals surface area contributed by atoms with Crippen molar-refractivity contribution >= 4 is 53.2 Å². The number of phenolic OH excluding ortho intramolecular Hbond substituents is 1. The fourth-order valence-corrected chi connectivity index (χ4v) is 8.04. The topological polar surface area (TPSA) is 296 Å². The molecule has 69 heavy (non-hydrogen) atoms. The van der Waals surface area contributed by atoms with Gasteiger partial charge in [-0.3, -0.25) is 38.4 Å². The van der Waals surface area contributed by atoms with E-state index in [0.717, 1.165) is 0 Å². The third-order valence-corrected chi connectivity index (χ3v) is 11.8. The number of carbonyl (C=O) groups excluding carboxylic acids is 9. The lowest BCUT2D eigenvalue weighted by atomic mass is 9.96. The molecule has 0 spiro atoms. The minimum Gasteiger partial charge on any atom is -0.508 e. The van der Waals surface area contributed by atoms with E-state index >= 15 is 0 Å². The summed E-state index contributed by atoms with van der Waals surface area (Å²) in [6.45, 7) is 11.8. The van der Waals surface area contributed by atoms with Gasteiger partial charge in [0.15, 0.2) is 0 Å². The lowest BCUT2D eigenvalue weighted by molar-refractivity contribution is -0.158. The fraction of sp³-hybridized carbons (Fsp3) is 0.531. The van der Waals surface area contributed by atoms with E-state index in [1.807, 2.05) is 13.8 Å². The zero-order chi connectivity index (χ0) is 51.3. The van der Waals surface area contributed by atoms with Gasteiger partial charge in [0.25, 0.3) is 0 Å². The Morgan fingerprint density at radius 2 is 1.43 bits per heavy atom. The Balaban J connectivity index is 1.79. The standard InChI is InChI=1S/C49H68N8O12/c1-26(2)21-34-42(61)51-33-15-12-20-57(47(33)66)37(22-27(3)4)48(67)56(8)36(23-30-13-10-9-11-14-30)44(63)54-40(28(5)6)49(68)69-29(7)41(46(65)53-34)55-43(62)35(25-39(50)60)52-45(64)38(59)24-31-16-18-32(58)19-17-31/h9-14,16-20,26-29,33-38,40-41,58-59H,15,21-25H2,1-8H3,(H2,50,60)(H,51,61)(H,52,64)(H,53,65)(H,54,63)(H,55,62). The zero-order valence-corrected chi connectivity index (χ0v) is 40.5. The second-order valence-electron chi connectivity index (χ2n) is 18.9. The van der Waals surface area contributed by atoms with Crippen LogP contribution in [0.3, 0.4) is 0 Å². The number of amides is 8. The monoisotopic (exact) mass is 960 g/mol. The number of nitrogens with zero attached hydrogens (tertiary/aromatic N) is 2. The molecule has 9 atom stereocenters. The number of likely N-dealkylation sites (N-methyl/N-ethyl adjacent to an activating group) is 1. The van der Waals surface area contributed by atoms with Crippen molar-refractivity contribution in [1.82, 2.24) is 36.4 Å². The second-order valence-corrected chi connectivity index (χ2v) is 18.9. The van der Waals surface area contributed by atoms with Gasteiger partial charge in [0.2, 0.25) is 47.3 Å². The summed E-state index contributed by atoms with van der Waals surface area (Å²) in [5, 5.41) is 33.2. The number of nitrogens with two attached hydrogens (primary N) is 1. The van der Waals surface area contributed by atoms with Gasteiger partial charge in [-0.25, -0.2) is 4.79 Å². The summed E-state index contributed by atoms with van der Waals surface area (Å²) in [4.78, 5) is 129. The number of benzene rings is 2. The molecule has 2 heterocycles. The molecule has 0 aromatic heterocycles. The number of aromatic hydroxyl groups is 1. The molecular formula is C49H68N8O12. The first-order valence-corrected chi connectivity index (χ1v) is 23.2. The molecule has 1 saturated heterocycles. The molecule has 376 valence electrons. The number of primary amides is 1. The summed E-state index contributed by atoms with van der Waals surface area (Å²) in [5.41, 5.74) is 6.60. The van der Waals surface area contributed by atoms with Crippen molar-refractivity contribution in [3.05, 3.63) is 78.0 Å². The van der Waals surface area contributed by atoms with Gasteiger partial charge in [0.05, 0.1) is 6.42 Å². The third kappa shape index (κ3) is 15.6. The maximum absolute atomic E-state index is 14.7. The van der Waals surface area contributed by atoms with Crippen LogP contribution in [0.25, 0.3) is 0 Å². The normalized spacial score (nSPS) is 24.0. The molecule has 2 aromatic carbocycles. The van der Waals surface area contributed by atoms with Crippen LogP contribution in [0.4, 0.5) is 0 Å². The number of aliphatic hydroxyl groups excluding tert-OH is 1. The minimum atomic E-state index is -1.84. The number of rotatable bonds is 15. The van der Waals surface area contributed by atoms with Gasteiger partial charge >= 0.3 is 5.97 Å². The van der Waals surface area contributed by atoms with Gasteiger partial charge in [0, 0.05) is 26.1 Å². The van der Waals surface area contributed by atoms with E-state index < -0.39 is 120 Å². The number of hydrogen-bond acceptors (Lipinski definition) is 12. The number of esters is 1. The predicted molar refractivity (Wildman–Crippen MR) is 252 cm³/mol. The van der Waals surface area contributed by atoms with Gasteiger partial charge in [-0.2, -0.15) is 0 Å². The van der Waals surface area contributed by atoms with Crippen LogP contribution in [-0.2, 0) is 60.7 Å². The zero-order valence-electron chi connectivity index (χ0n) is 40.5. The molecule has 2 aromatic rings. The van der Waals surface area contributed by atoms with Crippen LogP contribution in [-0.4, -0.2) is 135 Å². The molecule has 8 amide bonds. The molecule has 0 aliphatic carbocycles. The Kier molecular flexibility index (Phi) is 19.8. The lowest BCUT2D eigenvalue weighted by Crippen LogP contribution is -2.62. The molecule has 4 rings (SSSR count). The number of cyclic esters (lactones) is 1. The second kappa shape index (κ2) is 25.0. The Hall–Kier alpha value is -6.83. The summed E-state index contributed by atoms with van der Waals surface area (Å²) >= 11 is 0. The van der Waals surface area contributed by atoms with E-state index in [9.17, 15) is 53.4 Å². The average molecular weight is 961 g/mol. The van der Waals surface area contributed by atoms with Crippen molar-refractivity contribution in [3.63, 3.8) is 0 Å². The Labute approximate surface area is 402 Å². The van der Waals surface area contributed by atoms with E-state index in [4.69, 9.17) is 10.5 Å². The first kappa shape index (κ1) is 54.8. The number of hydrogen-bond donors (Lipinski definition) is 8. The number of carbonyl (C=O) groups is 9. The lowest BCUT2D eigenvalue weighted by Gasteiger charge is -2.38. The third-order valence-electron chi connectivity index (χ3n) is 11.8. The Morgan fingerprint density at radius 3 is 2.03 bits per heavy atom. The van der Waals surface area contributed by atoms with Crippen molar-refractivity contribution in [2.75, 3.05) is 7.05 Å². The van der Waals surface area contributed by atoms with Crippen molar-refractivity contribution in [3.8, 4) is 5.75 Å². The molecule has 2 aliphatic rings. The quantitative estimate of drug-likeness (QED) is 0.113. The molecule has 9 N–H and O–H groups in total. The first-order valence-electron chi connectivity index (χ1n) is 23.2. The summed E-state index contributed by atoms with van der Waals surface area (Å²) in [6, 6.07) is 4.64. The minimum absolute atomic E-state index is 0.00437. The number of ether oxygens (including phenoxy) is 1. The molecule has 20 heteroatoms. The van der Waals surface area contributed by atoms with Crippen LogP contribution in [0.15, 0.2) is 66.9 Å². The summed E-state index contributed by atoms with van der Waals surface area (Å²) in [5.74, 6) is -9.10. The highest BCUT2D eigenvalue weighted by molar-refractivity contribution is 5.99. The van der Waals surface area contributed by atoms with Crippen molar-refractivity contribution < 1.29 is 58.1 Å². The average Bonchev–Trinajstić information content (AvgIpc) is 3.28. The van der Waals surface area contributed by atoms with Crippen molar-refractivity contribution in [2.45, 2.75) is 141 Å². The summed E-state index contributed by atoms with van der Waals surface area (Å²) in [6.07, 6.45) is -1.00. The predicted octanol–water partition coefficient (Wildman–Crippen LogP) is 0.473. The molecule has 9 unspecified atom stereocenters. The SMILES string of the molecule is CC(C)CC1NC(=O)C(NC(=O)C(CC(N)=O)NC(=O)C(O)Cc2ccc(O)cc2)C(C)OC(=O)C(C(C)C)NC(=O)C(Cc2ccccc2)N(C)C(=O)C(CC(C)C)N2C=CCC(NC1=O)C2=O. The molecule has 2 bridgehead atoms. The molecule has 2 aliphatic heterocycles. The van der Waals surface area contributed by atoms with Crippen LogP contribution in [0.2, 0.25) is 0 Å². The van der Waals surface area contributed by atoms with Gasteiger partial charge in [-0.15, -0.1) is 0 Å². The van der Waals surface area contributed by atoms with Gasteiger partial charge in [-0.05, 0) is 67.2 Å². The Morgan fingerprint density at radius 1 is 0.797 bits per heavy atom. The maximum atomic E-state index is 14.7. The molecule has 0 radical (unpaired) electrons. The number of phenols is 1. The van der Waals surface area contributed by atoms with Crippen LogP contribution in [0, 0.1) is 17.8 Å². The largest absolute Gasteiger partial charge is 0.508 e. The first-order chi connectivity index (χ1) is 32.5. The van der Waals surface area contributed by atoms with E-state index in [2.05, 4.69) is 26.6 Å². The number of nitrogens with one attached hydrogen (secondary N) is 5. The van der Waals surface area contributed by atoms with Crippen molar-refractivity contribution in [1.29, 1.82) is 0 Å².